The van der Waals surface area contributed by atoms with Crippen molar-refractivity contribution in [2.45, 2.75) is 25.3 Å². The van der Waals surface area contributed by atoms with Crippen molar-refractivity contribution in [1.29, 1.82) is 0 Å². The third kappa shape index (κ3) is 1.86. The van der Waals surface area contributed by atoms with Crippen molar-refractivity contribution in [3.63, 3.8) is 0 Å². The molecule has 2 heterocycles. The summed E-state index contributed by atoms with van der Waals surface area (Å²) in [6.45, 7) is 1.58. The Morgan fingerprint density at radius 1 is 1.28 bits per heavy atom. The lowest BCUT2D eigenvalue weighted by Crippen LogP contribution is -2.22. The highest BCUT2D eigenvalue weighted by molar-refractivity contribution is 5.58. The third-order valence-corrected chi connectivity index (χ3v) is 3.44. The molecule has 0 saturated heterocycles. The average molecular weight is 243 g/mol. The van der Waals surface area contributed by atoms with E-state index in [1.54, 1.807) is 0 Å². The monoisotopic (exact) mass is 243 g/mol. The van der Waals surface area contributed by atoms with Gasteiger partial charge in [-0.3, -0.25) is 0 Å². The Bertz CT molecular complexity index is 543. The topological polar surface area (TPSA) is 82.8 Å². The zero-order valence-electron chi connectivity index (χ0n) is 10.2. The average Bonchev–Trinajstić information content (AvgIpc) is 2.83. The number of benzene rings is 1. The number of hydrogen-bond donors (Lipinski definition) is 2. The fourth-order valence-electron chi connectivity index (χ4n) is 2.42. The predicted octanol–water partition coefficient (Wildman–Crippen LogP) is 1.36. The minimum absolute atomic E-state index is 0.341. The van der Waals surface area contributed by atoms with Crippen molar-refractivity contribution in [3.05, 3.63) is 30.1 Å². The van der Waals surface area contributed by atoms with Gasteiger partial charge in [0.2, 0.25) is 0 Å². The molecule has 2 aromatic rings. The van der Waals surface area contributed by atoms with Gasteiger partial charge in [0.25, 0.3) is 0 Å². The molecular formula is C13H17N5. The Labute approximate surface area is 106 Å². The van der Waals surface area contributed by atoms with Crippen LogP contribution in [0.15, 0.2) is 24.3 Å². The maximum atomic E-state index is 5.79. The van der Waals surface area contributed by atoms with Crippen molar-refractivity contribution in [1.82, 2.24) is 14.8 Å². The summed E-state index contributed by atoms with van der Waals surface area (Å²) in [7, 11) is 0. The second kappa shape index (κ2) is 4.42. The number of rotatable bonds is 2. The van der Waals surface area contributed by atoms with Crippen molar-refractivity contribution >= 4 is 5.69 Å². The summed E-state index contributed by atoms with van der Waals surface area (Å²) in [6.07, 6.45) is 2.23. The van der Waals surface area contributed by atoms with E-state index in [1.807, 2.05) is 28.9 Å². The summed E-state index contributed by atoms with van der Waals surface area (Å²) in [5.74, 6) is 2.13. The van der Waals surface area contributed by atoms with E-state index in [0.29, 0.717) is 12.5 Å². The molecule has 94 valence electrons. The maximum absolute atomic E-state index is 5.79. The second-order valence-corrected chi connectivity index (χ2v) is 4.71. The first-order valence-corrected chi connectivity index (χ1v) is 6.28. The number of nitrogens with zero attached hydrogens (tertiary/aromatic N) is 3. The van der Waals surface area contributed by atoms with Gasteiger partial charge < -0.3 is 11.5 Å². The molecule has 0 spiro atoms. The Morgan fingerprint density at radius 2 is 2.06 bits per heavy atom. The van der Waals surface area contributed by atoms with Gasteiger partial charge in [-0.05, 0) is 37.1 Å². The van der Waals surface area contributed by atoms with Gasteiger partial charge in [0.1, 0.15) is 5.82 Å². The van der Waals surface area contributed by atoms with Crippen LogP contribution in [0.25, 0.3) is 11.4 Å². The molecule has 0 amide bonds. The van der Waals surface area contributed by atoms with Crippen LogP contribution in [0.2, 0.25) is 0 Å². The zero-order valence-corrected chi connectivity index (χ0v) is 10.2. The standard InChI is InChI=1S/C13H17N5/c14-8-10-2-1-7-18-13(10)16-12(17-18)9-3-5-11(15)6-4-9/h3-6,10H,1-2,7-8,14-15H2. The van der Waals surface area contributed by atoms with Gasteiger partial charge >= 0.3 is 0 Å². The Hall–Kier alpha value is -1.88. The maximum Gasteiger partial charge on any atom is 0.181 e. The van der Waals surface area contributed by atoms with E-state index in [-0.39, 0.29) is 0 Å². The first-order chi connectivity index (χ1) is 8.78. The normalized spacial score (nSPS) is 18.6. The number of anilines is 1. The van der Waals surface area contributed by atoms with Crippen molar-refractivity contribution < 1.29 is 0 Å². The third-order valence-electron chi connectivity index (χ3n) is 3.44. The molecule has 1 atom stereocenters. The SMILES string of the molecule is NCC1CCCn2nc(-c3ccc(N)cc3)nc21. The van der Waals surface area contributed by atoms with Crippen molar-refractivity contribution in [2.75, 3.05) is 12.3 Å². The van der Waals surface area contributed by atoms with Crippen LogP contribution >= 0.6 is 0 Å². The molecule has 1 aliphatic rings. The molecule has 0 saturated carbocycles. The van der Waals surface area contributed by atoms with Crippen molar-refractivity contribution in [3.8, 4) is 11.4 Å². The molecule has 18 heavy (non-hydrogen) atoms. The molecule has 1 unspecified atom stereocenters. The van der Waals surface area contributed by atoms with Crippen LogP contribution in [-0.2, 0) is 6.54 Å². The van der Waals surface area contributed by atoms with Crippen LogP contribution in [0.1, 0.15) is 24.6 Å². The lowest BCUT2D eigenvalue weighted by atomic mass is 10.00. The quantitative estimate of drug-likeness (QED) is 0.780. The van der Waals surface area contributed by atoms with E-state index in [2.05, 4.69) is 10.1 Å². The lowest BCUT2D eigenvalue weighted by Gasteiger charge is -2.19. The van der Waals surface area contributed by atoms with E-state index in [0.717, 1.165) is 42.3 Å². The minimum Gasteiger partial charge on any atom is -0.399 e. The number of aryl methyl sites for hydroxylation is 1. The summed E-state index contributed by atoms with van der Waals surface area (Å²) < 4.78 is 1.99. The van der Waals surface area contributed by atoms with E-state index >= 15 is 0 Å². The fraction of sp³-hybridized carbons (Fsp3) is 0.385. The number of fused-ring (bicyclic) bond motifs is 1. The van der Waals surface area contributed by atoms with Crippen LogP contribution in [0, 0.1) is 0 Å². The summed E-state index contributed by atoms with van der Waals surface area (Å²) in [5, 5.41) is 4.56. The summed E-state index contributed by atoms with van der Waals surface area (Å²) in [5.41, 5.74) is 13.2. The van der Waals surface area contributed by atoms with Gasteiger partial charge in [-0.15, -0.1) is 0 Å². The van der Waals surface area contributed by atoms with Gasteiger partial charge in [-0.1, -0.05) is 0 Å². The van der Waals surface area contributed by atoms with Crippen LogP contribution < -0.4 is 11.5 Å². The van der Waals surface area contributed by atoms with E-state index in [9.17, 15) is 0 Å². The van der Waals surface area contributed by atoms with Gasteiger partial charge in [-0.2, -0.15) is 5.10 Å². The molecule has 3 rings (SSSR count). The zero-order chi connectivity index (χ0) is 12.5. The van der Waals surface area contributed by atoms with Gasteiger partial charge in [0.15, 0.2) is 5.82 Å². The summed E-state index contributed by atoms with van der Waals surface area (Å²) >= 11 is 0. The summed E-state index contributed by atoms with van der Waals surface area (Å²) in [4.78, 5) is 4.63. The Morgan fingerprint density at radius 3 is 2.78 bits per heavy atom. The van der Waals surface area contributed by atoms with E-state index in [1.165, 1.54) is 0 Å². The van der Waals surface area contributed by atoms with E-state index < -0.39 is 0 Å². The number of hydrogen-bond acceptors (Lipinski definition) is 4. The predicted molar refractivity (Wildman–Crippen MR) is 70.9 cm³/mol. The minimum atomic E-state index is 0.341. The molecular weight excluding hydrogens is 226 g/mol. The number of aromatic nitrogens is 3. The first kappa shape index (κ1) is 11.2. The fourth-order valence-corrected chi connectivity index (χ4v) is 2.42. The van der Waals surface area contributed by atoms with Gasteiger partial charge in [0.05, 0.1) is 0 Å². The Kier molecular flexibility index (Phi) is 2.76. The molecule has 1 aliphatic heterocycles. The highest BCUT2D eigenvalue weighted by Gasteiger charge is 2.23. The smallest absolute Gasteiger partial charge is 0.181 e. The summed E-state index contributed by atoms with van der Waals surface area (Å²) in [6, 6.07) is 7.65. The van der Waals surface area contributed by atoms with Gasteiger partial charge in [-0.25, -0.2) is 9.67 Å². The number of nitrogens with two attached hydrogens (primary N) is 2. The molecule has 5 nitrogen and oxygen atoms in total. The lowest BCUT2D eigenvalue weighted by molar-refractivity contribution is 0.420. The molecule has 1 aromatic heterocycles. The van der Waals surface area contributed by atoms with Crippen LogP contribution in [0.5, 0.6) is 0 Å². The molecule has 5 heteroatoms. The van der Waals surface area contributed by atoms with Gasteiger partial charge in [0, 0.05) is 30.3 Å². The highest BCUT2D eigenvalue weighted by atomic mass is 15.4. The second-order valence-electron chi connectivity index (χ2n) is 4.71. The van der Waals surface area contributed by atoms with Crippen LogP contribution in [-0.4, -0.2) is 21.3 Å². The molecule has 1 aromatic carbocycles. The molecule has 4 N–H and O–H groups in total. The largest absolute Gasteiger partial charge is 0.399 e. The van der Waals surface area contributed by atoms with Crippen LogP contribution in [0.4, 0.5) is 5.69 Å². The molecule has 0 bridgehead atoms. The van der Waals surface area contributed by atoms with E-state index in [4.69, 9.17) is 11.5 Å². The number of nitrogen functional groups attached to an aromatic ring is 1. The highest BCUT2D eigenvalue weighted by Crippen LogP contribution is 2.27. The molecule has 0 fully saturated rings. The van der Waals surface area contributed by atoms with Crippen LogP contribution in [0.3, 0.4) is 0 Å². The molecule has 0 radical (unpaired) electrons. The first-order valence-electron chi connectivity index (χ1n) is 6.28. The molecule has 0 aliphatic carbocycles. The Balaban J connectivity index is 1.99. The van der Waals surface area contributed by atoms with Crippen molar-refractivity contribution in [2.24, 2.45) is 5.73 Å².